The molecule has 1 atom stereocenters. The van der Waals surface area contributed by atoms with E-state index in [-0.39, 0.29) is 5.92 Å². The second kappa shape index (κ2) is 5.71. The number of nitrogens with one attached hydrogen (secondary N) is 1. The number of para-hydroxylation sites is 1. The maximum absolute atomic E-state index is 10.8. The van der Waals surface area contributed by atoms with E-state index in [4.69, 9.17) is 5.11 Å². The number of aryl methyl sites for hydroxylation is 1. The molecule has 0 bridgehead atoms. The van der Waals surface area contributed by atoms with Gasteiger partial charge < -0.3 is 10.4 Å². The predicted octanol–water partition coefficient (Wildman–Crippen LogP) is 3.25. The molecular weight excluding hydrogens is 214 g/mol. The van der Waals surface area contributed by atoms with Crippen LogP contribution in [-0.4, -0.2) is 17.6 Å². The highest BCUT2D eigenvalue weighted by Gasteiger charge is 2.13. The molecule has 2 N–H and O–H groups in total. The predicted molar refractivity (Wildman–Crippen MR) is 70.6 cm³/mol. The zero-order valence-electron chi connectivity index (χ0n) is 10.9. The molecule has 0 aliphatic carbocycles. The molecule has 3 heteroatoms. The van der Waals surface area contributed by atoms with Gasteiger partial charge in [0.25, 0.3) is 0 Å². The van der Waals surface area contributed by atoms with Crippen LogP contribution in [0.1, 0.15) is 37.8 Å². The first kappa shape index (κ1) is 13.6. The fraction of sp³-hybridized carbons (Fsp3) is 0.500. The molecule has 0 aliphatic rings. The lowest BCUT2D eigenvalue weighted by molar-refractivity contribution is -0.140. The maximum Gasteiger partial charge on any atom is 0.308 e. The molecule has 3 nitrogen and oxygen atoms in total. The molecule has 1 rings (SSSR count). The van der Waals surface area contributed by atoms with Crippen LogP contribution >= 0.6 is 0 Å². The van der Waals surface area contributed by atoms with Crippen molar-refractivity contribution in [3.05, 3.63) is 29.3 Å². The van der Waals surface area contributed by atoms with Gasteiger partial charge in [0.2, 0.25) is 0 Å². The third-order valence-electron chi connectivity index (χ3n) is 2.93. The molecule has 0 radical (unpaired) electrons. The van der Waals surface area contributed by atoms with E-state index in [2.05, 4.69) is 25.2 Å². The van der Waals surface area contributed by atoms with E-state index in [1.807, 2.05) is 19.1 Å². The minimum absolute atomic E-state index is 0.380. The van der Waals surface area contributed by atoms with Crippen LogP contribution in [0.2, 0.25) is 0 Å². The largest absolute Gasteiger partial charge is 0.481 e. The smallest absolute Gasteiger partial charge is 0.308 e. The molecule has 1 aromatic rings. The number of aliphatic carboxylic acids is 1. The summed E-state index contributed by atoms with van der Waals surface area (Å²) in [6.45, 7) is 8.49. The average molecular weight is 235 g/mol. The highest BCUT2D eigenvalue weighted by atomic mass is 16.4. The quantitative estimate of drug-likeness (QED) is 0.823. The van der Waals surface area contributed by atoms with E-state index < -0.39 is 5.97 Å². The van der Waals surface area contributed by atoms with E-state index in [1.54, 1.807) is 6.92 Å². The minimum atomic E-state index is -0.766. The van der Waals surface area contributed by atoms with Crippen molar-refractivity contribution in [3.63, 3.8) is 0 Å². The van der Waals surface area contributed by atoms with Gasteiger partial charge in [-0.05, 0) is 24.0 Å². The van der Waals surface area contributed by atoms with Crippen molar-refractivity contribution in [1.29, 1.82) is 0 Å². The van der Waals surface area contributed by atoms with Crippen molar-refractivity contribution in [2.75, 3.05) is 11.9 Å². The van der Waals surface area contributed by atoms with Gasteiger partial charge in [-0.25, -0.2) is 0 Å². The standard InChI is InChI=1S/C14H21NO2/c1-9(2)12-7-5-6-10(3)13(12)15-8-11(4)14(16)17/h5-7,9,11,15H,8H2,1-4H3,(H,16,17). The second-order valence-electron chi connectivity index (χ2n) is 4.81. The molecule has 17 heavy (non-hydrogen) atoms. The molecule has 0 aromatic heterocycles. The Balaban J connectivity index is 2.86. The Hall–Kier alpha value is -1.51. The summed E-state index contributed by atoms with van der Waals surface area (Å²) in [7, 11) is 0. The summed E-state index contributed by atoms with van der Waals surface area (Å²) in [5, 5.41) is 12.1. The van der Waals surface area contributed by atoms with Gasteiger partial charge in [0.15, 0.2) is 0 Å². The highest BCUT2D eigenvalue weighted by molar-refractivity contribution is 5.70. The molecule has 94 valence electrons. The second-order valence-corrected chi connectivity index (χ2v) is 4.81. The average Bonchev–Trinajstić information content (AvgIpc) is 2.26. The van der Waals surface area contributed by atoms with E-state index >= 15 is 0 Å². The molecule has 0 saturated heterocycles. The van der Waals surface area contributed by atoms with Crippen LogP contribution in [0.4, 0.5) is 5.69 Å². The lowest BCUT2D eigenvalue weighted by Gasteiger charge is -2.18. The number of hydrogen-bond donors (Lipinski definition) is 2. The van der Waals surface area contributed by atoms with Gasteiger partial charge in [-0.1, -0.05) is 39.0 Å². The topological polar surface area (TPSA) is 49.3 Å². The zero-order valence-corrected chi connectivity index (χ0v) is 10.9. The lowest BCUT2D eigenvalue weighted by Crippen LogP contribution is -2.20. The monoisotopic (exact) mass is 235 g/mol. The van der Waals surface area contributed by atoms with Gasteiger partial charge in [0.1, 0.15) is 0 Å². The summed E-state index contributed by atoms with van der Waals surface area (Å²) in [5.74, 6) is -0.718. The van der Waals surface area contributed by atoms with E-state index in [9.17, 15) is 4.79 Å². The SMILES string of the molecule is Cc1cccc(C(C)C)c1NCC(C)C(=O)O. The molecule has 0 heterocycles. The Labute approximate surface area is 103 Å². The van der Waals surface area contributed by atoms with E-state index in [0.717, 1.165) is 11.3 Å². The molecule has 0 fully saturated rings. The number of anilines is 1. The van der Waals surface area contributed by atoms with Crippen molar-refractivity contribution >= 4 is 11.7 Å². The Morgan fingerprint density at radius 1 is 1.35 bits per heavy atom. The summed E-state index contributed by atoms with van der Waals surface area (Å²) in [5.41, 5.74) is 3.48. The first-order chi connectivity index (χ1) is 7.93. The summed E-state index contributed by atoms with van der Waals surface area (Å²) in [6.07, 6.45) is 0. The Kier molecular flexibility index (Phi) is 4.55. The zero-order chi connectivity index (χ0) is 13.0. The molecule has 0 spiro atoms. The van der Waals surface area contributed by atoms with Crippen LogP contribution in [0.15, 0.2) is 18.2 Å². The van der Waals surface area contributed by atoms with E-state index in [0.29, 0.717) is 12.5 Å². The molecule has 0 amide bonds. The van der Waals surface area contributed by atoms with Crippen LogP contribution in [0.25, 0.3) is 0 Å². The highest BCUT2D eigenvalue weighted by Crippen LogP contribution is 2.27. The van der Waals surface area contributed by atoms with Crippen LogP contribution < -0.4 is 5.32 Å². The molecule has 0 saturated carbocycles. The lowest BCUT2D eigenvalue weighted by atomic mass is 9.98. The van der Waals surface area contributed by atoms with Gasteiger partial charge in [-0.2, -0.15) is 0 Å². The molecule has 1 aromatic carbocycles. The van der Waals surface area contributed by atoms with Gasteiger partial charge in [-0.15, -0.1) is 0 Å². The number of hydrogen-bond acceptors (Lipinski definition) is 2. The molecular formula is C14H21NO2. The molecule has 1 unspecified atom stereocenters. The first-order valence-electron chi connectivity index (χ1n) is 5.99. The third-order valence-corrected chi connectivity index (χ3v) is 2.93. The van der Waals surface area contributed by atoms with Crippen LogP contribution in [0.3, 0.4) is 0 Å². The Bertz CT molecular complexity index is 399. The van der Waals surface area contributed by atoms with E-state index in [1.165, 1.54) is 5.56 Å². The van der Waals surface area contributed by atoms with Gasteiger partial charge in [0.05, 0.1) is 5.92 Å². The summed E-state index contributed by atoms with van der Waals surface area (Å²) in [6, 6.07) is 6.17. The maximum atomic E-state index is 10.8. The first-order valence-corrected chi connectivity index (χ1v) is 5.99. The Morgan fingerprint density at radius 2 is 2.00 bits per heavy atom. The number of rotatable bonds is 5. The fourth-order valence-corrected chi connectivity index (χ4v) is 1.76. The summed E-state index contributed by atoms with van der Waals surface area (Å²) >= 11 is 0. The van der Waals surface area contributed by atoms with Crippen LogP contribution in [0.5, 0.6) is 0 Å². The van der Waals surface area contributed by atoms with Gasteiger partial charge >= 0.3 is 5.97 Å². The number of carboxylic acids is 1. The summed E-state index contributed by atoms with van der Waals surface area (Å²) in [4.78, 5) is 10.8. The van der Waals surface area contributed by atoms with Gasteiger partial charge in [-0.3, -0.25) is 4.79 Å². The van der Waals surface area contributed by atoms with Crippen LogP contribution in [0, 0.1) is 12.8 Å². The van der Waals surface area contributed by atoms with Crippen molar-refractivity contribution in [1.82, 2.24) is 0 Å². The van der Waals surface area contributed by atoms with Crippen LogP contribution in [-0.2, 0) is 4.79 Å². The minimum Gasteiger partial charge on any atom is -0.481 e. The van der Waals surface area contributed by atoms with Gasteiger partial charge in [0, 0.05) is 12.2 Å². The number of carbonyl (C=O) groups is 1. The third kappa shape index (κ3) is 3.48. The number of benzene rings is 1. The van der Waals surface area contributed by atoms with Crippen molar-refractivity contribution in [2.45, 2.75) is 33.6 Å². The Morgan fingerprint density at radius 3 is 2.53 bits per heavy atom. The van der Waals surface area contributed by atoms with Crippen molar-refractivity contribution in [3.8, 4) is 0 Å². The normalized spacial score (nSPS) is 12.5. The van der Waals surface area contributed by atoms with Crippen molar-refractivity contribution < 1.29 is 9.90 Å². The molecule has 0 aliphatic heterocycles. The number of carboxylic acid groups (broad SMARTS) is 1. The van der Waals surface area contributed by atoms with Crippen molar-refractivity contribution in [2.24, 2.45) is 5.92 Å². The fourth-order valence-electron chi connectivity index (χ4n) is 1.76. The summed E-state index contributed by atoms with van der Waals surface area (Å²) < 4.78 is 0.